The summed E-state index contributed by atoms with van der Waals surface area (Å²) in [6.07, 6.45) is 2.86. The van der Waals surface area contributed by atoms with Crippen molar-refractivity contribution >= 4 is 52.5 Å². The lowest BCUT2D eigenvalue weighted by Crippen LogP contribution is -2.55. The highest BCUT2D eigenvalue weighted by atomic mass is 19.2. The lowest BCUT2D eigenvalue weighted by atomic mass is 9.97. The van der Waals surface area contributed by atoms with Gasteiger partial charge in [-0.25, -0.2) is 23.4 Å². The molecule has 1 atom stereocenters. The van der Waals surface area contributed by atoms with Gasteiger partial charge < -0.3 is 45.0 Å². The van der Waals surface area contributed by atoms with Gasteiger partial charge in [-0.05, 0) is 146 Å². The van der Waals surface area contributed by atoms with Crippen molar-refractivity contribution in [2.45, 2.75) is 84.9 Å². The standard InChI is InChI=1S/C55H69F3N12O6.C2H6/c1-36-7-18-46(45(57)35-36)61-48-43(16-17-44(56)47(48)58)50(71)65-76-31-21-37(2)75-32-22-55(3,4)70-27-25-68(26-28-70)52-62-49(63-53(64-52)69-29-33-74-34-30-69)38-8-12-40(13-9-38)59-54(73)60-41-14-10-39(11-15-41)51(72)67-23-19-42(20-24-67)66(5)6;1-2/h7-18,35,37,42,61H,19-34H2,1-6H3,(H,65,71)(H2,59,60,73);1-2H3. The van der Waals surface area contributed by atoms with E-state index < -0.39 is 35.1 Å². The van der Waals surface area contributed by atoms with E-state index >= 15 is 0 Å². The van der Waals surface area contributed by atoms with Gasteiger partial charge in [0.15, 0.2) is 17.5 Å². The SMILES string of the molecule is CC.Cc1ccc(Nc2c(C(=O)NOCCC(C)OCCC(C)(C)N3CCN(c4nc(-c5ccc(NC(=O)Nc6ccc(C(=O)N7CCC(N(C)C)CC7)cc6)cc5)nc(N5CCOCC5)n4)CC3)ccc(F)c2F)c(F)c1. The predicted molar refractivity (Wildman–Crippen MR) is 298 cm³/mol. The summed E-state index contributed by atoms with van der Waals surface area (Å²) in [5.41, 5.74) is 4.33. The number of carbonyl (C=O) groups is 3. The zero-order chi connectivity index (χ0) is 55.9. The number of halogens is 3. The fraction of sp³-hybridized carbons (Fsp3) is 0.474. The molecule has 0 radical (unpaired) electrons. The Morgan fingerprint density at radius 3 is 2.00 bits per heavy atom. The predicted octanol–water partition coefficient (Wildman–Crippen LogP) is 9.13. The minimum Gasteiger partial charge on any atom is -0.378 e. The van der Waals surface area contributed by atoms with E-state index in [9.17, 15) is 27.6 Å². The molecule has 8 rings (SSSR count). The number of morpholine rings is 1. The van der Waals surface area contributed by atoms with E-state index in [2.05, 4.69) is 69.0 Å². The van der Waals surface area contributed by atoms with Crippen LogP contribution in [-0.2, 0) is 14.3 Å². The topological polar surface area (TPSA) is 182 Å². The van der Waals surface area contributed by atoms with Gasteiger partial charge in [0.25, 0.3) is 11.8 Å². The van der Waals surface area contributed by atoms with Crippen molar-refractivity contribution in [3.63, 3.8) is 0 Å². The normalized spacial score (nSPS) is 15.8. The molecule has 4 aromatic carbocycles. The van der Waals surface area contributed by atoms with Crippen LogP contribution >= 0.6 is 0 Å². The summed E-state index contributed by atoms with van der Waals surface area (Å²) in [6, 6.07) is 20.5. The minimum absolute atomic E-state index is 0.00332. The molecule has 18 nitrogen and oxygen atoms in total. The first-order valence-corrected chi connectivity index (χ1v) is 26.9. The average molecular weight is 1080 g/mol. The van der Waals surface area contributed by atoms with E-state index in [1.54, 1.807) is 49.4 Å². The van der Waals surface area contributed by atoms with Gasteiger partial charge in [0.1, 0.15) is 5.82 Å². The Morgan fingerprint density at radius 1 is 0.769 bits per heavy atom. The number of aryl methyl sites for hydroxylation is 1. The second kappa shape index (κ2) is 27.6. The molecule has 1 unspecified atom stereocenters. The molecule has 3 aliphatic heterocycles. The molecular formula is C57H75F3N12O6. The van der Waals surface area contributed by atoms with E-state index in [1.165, 1.54) is 12.1 Å². The molecule has 4 N–H and O–H groups in total. The van der Waals surface area contributed by atoms with Crippen LogP contribution in [0.3, 0.4) is 0 Å². The Hall–Kier alpha value is -6.91. The first kappa shape index (κ1) is 58.8. The fourth-order valence-electron chi connectivity index (χ4n) is 9.37. The summed E-state index contributed by atoms with van der Waals surface area (Å²) in [7, 11) is 4.15. The Bertz CT molecular complexity index is 2790. The molecule has 5 aromatic rings. The lowest BCUT2D eigenvalue weighted by molar-refractivity contribution is -0.0107. The molecule has 420 valence electrons. The number of piperidine rings is 1. The second-order valence-corrected chi connectivity index (χ2v) is 20.3. The van der Waals surface area contributed by atoms with Gasteiger partial charge in [-0.3, -0.25) is 19.3 Å². The highest BCUT2D eigenvalue weighted by Gasteiger charge is 2.32. The first-order chi connectivity index (χ1) is 37.5. The zero-order valence-corrected chi connectivity index (χ0v) is 46.1. The average Bonchev–Trinajstić information content (AvgIpc) is 3.45. The number of benzene rings is 4. The Kier molecular flexibility index (Phi) is 20.8. The van der Waals surface area contributed by atoms with Crippen molar-refractivity contribution in [1.82, 2.24) is 35.1 Å². The van der Waals surface area contributed by atoms with Crippen LogP contribution in [0.15, 0.2) is 78.9 Å². The summed E-state index contributed by atoms with van der Waals surface area (Å²) >= 11 is 0. The number of nitrogens with zero attached hydrogens (tertiary/aromatic N) is 8. The molecule has 3 aliphatic rings. The van der Waals surface area contributed by atoms with E-state index in [4.69, 9.17) is 29.3 Å². The van der Waals surface area contributed by atoms with Gasteiger partial charge in [-0.15, -0.1) is 0 Å². The number of anilines is 6. The number of hydrogen-bond acceptors (Lipinski definition) is 14. The van der Waals surface area contributed by atoms with Gasteiger partial charge in [0, 0.05) is 93.0 Å². The third kappa shape index (κ3) is 15.6. The largest absolute Gasteiger partial charge is 0.378 e. The zero-order valence-electron chi connectivity index (χ0n) is 46.1. The monoisotopic (exact) mass is 1080 g/mol. The van der Waals surface area contributed by atoms with Gasteiger partial charge in [0.05, 0.1) is 42.9 Å². The van der Waals surface area contributed by atoms with E-state index in [-0.39, 0.29) is 35.4 Å². The van der Waals surface area contributed by atoms with E-state index in [1.807, 2.05) is 37.8 Å². The number of piperazine rings is 1. The highest BCUT2D eigenvalue weighted by molar-refractivity contribution is 6.01. The van der Waals surface area contributed by atoms with Gasteiger partial charge >= 0.3 is 6.03 Å². The molecular weight excluding hydrogens is 1010 g/mol. The highest BCUT2D eigenvalue weighted by Crippen LogP contribution is 2.30. The molecule has 4 heterocycles. The molecule has 0 aliphatic carbocycles. The maximum atomic E-state index is 14.9. The van der Waals surface area contributed by atoms with Crippen LogP contribution in [0, 0.1) is 24.4 Å². The van der Waals surface area contributed by atoms with Crippen molar-refractivity contribution in [2.24, 2.45) is 0 Å². The lowest BCUT2D eigenvalue weighted by Gasteiger charge is -2.44. The van der Waals surface area contributed by atoms with Crippen molar-refractivity contribution in [3.8, 4) is 11.4 Å². The third-order valence-electron chi connectivity index (χ3n) is 14.2. The number of hydroxylamine groups is 1. The maximum absolute atomic E-state index is 14.9. The van der Waals surface area contributed by atoms with Gasteiger partial charge in [-0.1, -0.05) is 19.9 Å². The maximum Gasteiger partial charge on any atom is 0.323 e. The van der Waals surface area contributed by atoms with Crippen LogP contribution in [0.4, 0.5) is 52.6 Å². The number of rotatable bonds is 19. The second-order valence-electron chi connectivity index (χ2n) is 20.3. The van der Waals surface area contributed by atoms with Gasteiger partial charge in [0.2, 0.25) is 11.9 Å². The smallest absolute Gasteiger partial charge is 0.323 e. The van der Waals surface area contributed by atoms with Crippen LogP contribution in [0.25, 0.3) is 11.4 Å². The van der Waals surface area contributed by atoms with Crippen molar-refractivity contribution in [2.75, 3.05) is 119 Å². The van der Waals surface area contributed by atoms with Crippen LogP contribution in [0.5, 0.6) is 0 Å². The number of hydrogen-bond donors (Lipinski definition) is 4. The first-order valence-electron chi connectivity index (χ1n) is 26.9. The minimum atomic E-state index is -1.32. The quantitative estimate of drug-likeness (QED) is 0.0454. The molecule has 21 heteroatoms. The summed E-state index contributed by atoms with van der Waals surface area (Å²) in [5.74, 6) is -2.36. The molecule has 0 bridgehead atoms. The molecule has 1 aromatic heterocycles. The number of amides is 4. The fourth-order valence-corrected chi connectivity index (χ4v) is 9.37. The molecule has 78 heavy (non-hydrogen) atoms. The number of urea groups is 1. The summed E-state index contributed by atoms with van der Waals surface area (Å²) in [6.45, 7) is 19.4. The molecule has 4 amide bonds. The Labute approximate surface area is 456 Å². The summed E-state index contributed by atoms with van der Waals surface area (Å²) in [4.78, 5) is 70.3. The third-order valence-corrected chi connectivity index (χ3v) is 14.2. The van der Waals surface area contributed by atoms with Crippen LogP contribution in [0.1, 0.15) is 86.6 Å². The molecule has 0 spiro atoms. The number of likely N-dealkylation sites (tertiary alicyclic amines) is 1. The van der Waals surface area contributed by atoms with E-state index in [0.29, 0.717) is 98.7 Å². The number of aromatic nitrogens is 3. The van der Waals surface area contributed by atoms with Crippen LogP contribution in [-0.4, -0.2) is 158 Å². The molecule has 0 saturated carbocycles. The van der Waals surface area contributed by atoms with Crippen LogP contribution in [0.2, 0.25) is 0 Å². The number of nitrogens with one attached hydrogen (secondary N) is 4. The van der Waals surface area contributed by atoms with Crippen LogP contribution < -0.4 is 31.2 Å². The Balaban J connectivity index is 0.00000436. The summed E-state index contributed by atoms with van der Waals surface area (Å²) < 4.78 is 55.4. The van der Waals surface area contributed by atoms with Gasteiger partial charge in [-0.2, -0.15) is 15.0 Å². The number of ether oxygens (including phenoxy) is 2. The molecule has 3 fully saturated rings. The Morgan fingerprint density at radius 2 is 1.38 bits per heavy atom. The van der Waals surface area contributed by atoms with Crippen molar-refractivity contribution in [1.29, 1.82) is 0 Å². The summed E-state index contributed by atoms with van der Waals surface area (Å²) in [5, 5.41) is 8.26. The number of carbonyl (C=O) groups excluding carboxylic acids is 3. The van der Waals surface area contributed by atoms with E-state index in [0.717, 1.165) is 63.1 Å². The van der Waals surface area contributed by atoms with Crippen molar-refractivity contribution in [3.05, 3.63) is 113 Å². The van der Waals surface area contributed by atoms with Crippen molar-refractivity contribution < 1.29 is 41.9 Å². The molecule has 3 saturated heterocycles.